The van der Waals surface area contributed by atoms with E-state index in [2.05, 4.69) is 23.2 Å². The quantitative estimate of drug-likeness (QED) is 0.449. The zero-order valence-corrected chi connectivity index (χ0v) is 20.7. The second-order valence-electron chi connectivity index (χ2n) is 10.7. The van der Waals surface area contributed by atoms with Crippen LogP contribution >= 0.6 is 0 Å². The zero-order valence-electron chi connectivity index (χ0n) is 20.7. The average molecular weight is 472 g/mol. The minimum absolute atomic E-state index is 0.293. The van der Waals surface area contributed by atoms with Crippen molar-refractivity contribution in [3.05, 3.63) is 42.1 Å². The Kier molecular flexibility index (Phi) is 5.36. The summed E-state index contributed by atoms with van der Waals surface area (Å²) in [4.78, 5) is 17.0. The first-order valence-electron chi connectivity index (χ1n) is 12.7. The molecule has 4 aromatic rings. The summed E-state index contributed by atoms with van der Waals surface area (Å²) in [5.74, 6) is 2.59. The van der Waals surface area contributed by atoms with Crippen LogP contribution in [0.4, 0.5) is 11.6 Å². The summed E-state index contributed by atoms with van der Waals surface area (Å²) < 4.78 is 1.90. The predicted octanol–water partition coefficient (Wildman–Crippen LogP) is 4.60. The van der Waals surface area contributed by atoms with E-state index in [0.717, 1.165) is 84.2 Å². The van der Waals surface area contributed by atoms with Crippen LogP contribution in [0.2, 0.25) is 0 Å². The SMILES string of the molecule is Cc1nc2ccccc2nc1-c1cc2nc(N3CC[C@@H](C)C3)cc(NC3CCC(C)(O)CC3)n2n1. The van der Waals surface area contributed by atoms with Gasteiger partial charge in [0, 0.05) is 31.3 Å². The third-order valence-electron chi connectivity index (χ3n) is 7.56. The minimum Gasteiger partial charge on any atom is -0.390 e. The number of fused-ring (bicyclic) bond motifs is 2. The molecule has 0 radical (unpaired) electrons. The van der Waals surface area contributed by atoms with Crippen LogP contribution in [0, 0.1) is 12.8 Å². The van der Waals surface area contributed by atoms with Gasteiger partial charge in [-0.05, 0) is 64.0 Å². The fourth-order valence-electron chi connectivity index (χ4n) is 5.41. The van der Waals surface area contributed by atoms with Crippen LogP contribution < -0.4 is 10.2 Å². The first kappa shape index (κ1) is 22.2. The van der Waals surface area contributed by atoms with Gasteiger partial charge < -0.3 is 15.3 Å². The Hall–Kier alpha value is -3.26. The fourth-order valence-corrected chi connectivity index (χ4v) is 5.41. The highest BCUT2D eigenvalue weighted by Crippen LogP contribution is 2.32. The molecule has 2 N–H and O–H groups in total. The van der Waals surface area contributed by atoms with Crippen molar-refractivity contribution >= 4 is 28.3 Å². The van der Waals surface area contributed by atoms with Gasteiger partial charge in [-0.25, -0.2) is 15.0 Å². The van der Waals surface area contributed by atoms with Gasteiger partial charge in [-0.1, -0.05) is 19.1 Å². The highest BCUT2D eigenvalue weighted by Gasteiger charge is 2.29. The van der Waals surface area contributed by atoms with Crippen LogP contribution in [0.3, 0.4) is 0 Å². The Balaban J connectivity index is 1.42. The van der Waals surface area contributed by atoms with Crippen molar-refractivity contribution in [2.45, 2.75) is 64.5 Å². The third-order valence-corrected chi connectivity index (χ3v) is 7.56. The maximum absolute atomic E-state index is 10.4. The van der Waals surface area contributed by atoms with E-state index in [1.807, 2.05) is 48.7 Å². The Bertz CT molecular complexity index is 1390. The smallest absolute Gasteiger partial charge is 0.160 e. The van der Waals surface area contributed by atoms with Gasteiger partial charge in [0.15, 0.2) is 5.65 Å². The van der Waals surface area contributed by atoms with Crippen molar-refractivity contribution in [3.8, 4) is 11.4 Å². The number of nitrogens with one attached hydrogen (secondary N) is 1. The largest absolute Gasteiger partial charge is 0.390 e. The molecule has 8 heteroatoms. The summed E-state index contributed by atoms with van der Waals surface area (Å²) in [6, 6.07) is 12.4. The van der Waals surface area contributed by atoms with E-state index in [0.29, 0.717) is 12.0 Å². The topological polar surface area (TPSA) is 91.5 Å². The summed E-state index contributed by atoms with van der Waals surface area (Å²) >= 11 is 0. The summed E-state index contributed by atoms with van der Waals surface area (Å²) in [6.45, 7) is 8.25. The van der Waals surface area contributed by atoms with E-state index in [1.165, 1.54) is 6.42 Å². The molecule has 4 heterocycles. The molecule has 3 aromatic heterocycles. The van der Waals surface area contributed by atoms with Gasteiger partial charge in [0.1, 0.15) is 23.0 Å². The first-order valence-corrected chi connectivity index (χ1v) is 12.7. The Labute approximate surface area is 205 Å². The summed E-state index contributed by atoms with van der Waals surface area (Å²) in [5.41, 5.74) is 4.39. The molecule has 0 unspecified atom stereocenters. The Morgan fingerprint density at radius 3 is 2.49 bits per heavy atom. The minimum atomic E-state index is -0.562. The van der Waals surface area contributed by atoms with Gasteiger partial charge in [-0.15, -0.1) is 0 Å². The number of hydrogen-bond acceptors (Lipinski definition) is 7. The first-order chi connectivity index (χ1) is 16.8. The number of hydrogen-bond donors (Lipinski definition) is 2. The lowest BCUT2D eigenvalue weighted by molar-refractivity contribution is 0.0196. The van der Waals surface area contributed by atoms with E-state index < -0.39 is 5.60 Å². The molecular weight excluding hydrogens is 438 g/mol. The third kappa shape index (κ3) is 4.31. The molecule has 2 aliphatic rings. The van der Waals surface area contributed by atoms with Crippen molar-refractivity contribution in [3.63, 3.8) is 0 Å². The zero-order chi connectivity index (χ0) is 24.2. The summed E-state index contributed by atoms with van der Waals surface area (Å²) in [7, 11) is 0. The molecule has 182 valence electrons. The molecular formula is C27H33N7O. The molecule has 0 amide bonds. The van der Waals surface area contributed by atoms with E-state index in [1.54, 1.807) is 0 Å². The number of para-hydroxylation sites is 2. The van der Waals surface area contributed by atoms with Gasteiger partial charge in [0.05, 0.1) is 22.3 Å². The van der Waals surface area contributed by atoms with Gasteiger partial charge in [-0.2, -0.15) is 9.61 Å². The van der Waals surface area contributed by atoms with Gasteiger partial charge in [0.25, 0.3) is 0 Å². The molecule has 35 heavy (non-hydrogen) atoms. The lowest BCUT2D eigenvalue weighted by Gasteiger charge is -2.34. The number of rotatable bonds is 4. The predicted molar refractivity (Wildman–Crippen MR) is 139 cm³/mol. The number of nitrogens with zero attached hydrogens (tertiary/aromatic N) is 6. The van der Waals surface area contributed by atoms with E-state index in [-0.39, 0.29) is 0 Å². The van der Waals surface area contributed by atoms with Gasteiger partial charge in [-0.3, -0.25) is 0 Å². The lowest BCUT2D eigenvalue weighted by atomic mass is 9.84. The monoisotopic (exact) mass is 471 g/mol. The number of aliphatic hydroxyl groups is 1. The van der Waals surface area contributed by atoms with Crippen LogP contribution in [0.25, 0.3) is 28.1 Å². The summed E-state index contributed by atoms with van der Waals surface area (Å²) in [5, 5.41) is 19.1. The van der Waals surface area contributed by atoms with Crippen molar-refractivity contribution in [1.82, 2.24) is 24.6 Å². The highest BCUT2D eigenvalue weighted by molar-refractivity contribution is 5.78. The van der Waals surface area contributed by atoms with E-state index >= 15 is 0 Å². The second kappa shape index (κ2) is 8.45. The van der Waals surface area contributed by atoms with Crippen LogP contribution in [0.1, 0.15) is 51.6 Å². The molecule has 2 fully saturated rings. The van der Waals surface area contributed by atoms with Crippen LogP contribution in [0.15, 0.2) is 36.4 Å². The highest BCUT2D eigenvalue weighted by atomic mass is 16.3. The van der Waals surface area contributed by atoms with Crippen molar-refractivity contribution in [1.29, 1.82) is 0 Å². The van der Waals surface area contributed by atoms with Crippen LogP contribution in [-0.2, 0) is 0 Å². The molecule has 1 aromatic carbocycles. The lowest BCUT2D eigenvalue weighted by Crippen LogP contribution is -2.36. The maximum atomic E-state index is 10.4. The number of benzene rings is 1. The number of aryl methyl sites for hydroxylation is 1. The van der Waals surface area contributed by atoms with Crippen molar-refractivity contribution < 1.29 is 5.11 Å². The average Bonchev–Trinajstić information content (AvgIpc) is 3.46. The van der Waals surface area contributed by atoms with Gasteiger partial charge in [0.2, 0.25) is 0 Å². The Morgan fingerprint density at radius 1 is 1.03 bits per heavy atom. The maximum Gasteiger partial charge on any atom is 0.160 e. The van der Waals surface area contributed by atoms with Crippen LogP contribution in [-0.4, -0.2) is 54.4 Å². The summed E-state index contributed by atoms with van der Waals surface area (Å²) in [6.07, 6.45) is 4.63. The molecule has 1 saturated heterocycles. The number of aromatic nitrogens is 5. The normalized spacial score (nSPS) is 25.0. The molecule has 1 saturated carbocycles. The van der Waals surface area contributed by atoms with E-state index in [9.17, 15) is 5.11 Å². The van der Waals surface area contributed by atoms with Gasteiger partial charge >= 0.3 is 0 Å². The Morgan fingerprint density at radius 2 is 1.77 bits per heavy atom. The molecule has 0 spiro atoms. The molecule has 1 atom stereocenters. The molecule has 8 nitrogen and oxygen atoms in total. The number of anilines is 2. The van der Waals surface area contributed by atoms with Crippen LogP contribution in [0.5, 0.6) is 0 Å². The molecule has 0 bridgehead atoms. The molecule has 1 aliphatic carbocycles. The molecule has 6 rings (SSSR count). The standard InChI is InChI=1S/C27H33N7O/c1-17-10-13-33(16-17)23-15-25(29-19-8-11-27(3,35)12-9-19)34-24(31-23)14-22(32-34)26-18(2)28-20-6-4-5-7-21(20)30-26/h4-7,14-15,17,19,29,35H,8-13,16H2,1-3H3/t17-,19?,27?/m1/s1. The van der Waals surface area contributed by atoms with Crippen molar-refractivity contribution in [2.24, 2.45) is 5.92 Å². The van der Waals surface area contributed by atoms with Crippen molar-refractivity contribution in [2.75, 3.05) is 23.3 Å². The molecule has 1 aliphatic heterocycles. The van der Waals surface area contributed by atoms with E-state index in [4.69, 9.17) is 20.1 Å². The fraction of sp³-hybridized carbons (Fsp3) is 0.481. The second-order valence-corrected chi connectivity index (χ2v) is 10.7.